The largest absolute Gasteiger partial charge is 0.212 e. The highest BCUT2D eigenvalue weighted by atomic mass is 79.9. The zero-order valence-electron chi connectivity index (χ0n) is 10.8. The molecule has 0 unspecified atom stereocenters. The maximum Gasteiger partial charge on any atom is 0.212 e. The molecule has 1 saturated carbocycles. The molecule has 0 saturated heterocycles. The summed E-state index contributed by atoms with van der Waals surface area (Å²) >= 11 is 3.36. The Balaban J connectivity index is 2.50. The van der Waals surface area contributed by atoms with Gasteiger partial charge >= 0.3 is 0 Å². The average Bonchev–Trinajstić information content (AvgIpc) is 2.15. The van der Waals surface area contributed by atoms with Gasteiger partial charge in [-0.05, 0) is 39.0 Å². The number of rotatable bonds is 6. The highest BCUT2D eigenvalue weighted by Gasteiger charge is 2.27. The third-order valence-corrected chi connectivity index (χ3v) is 5.50. The van der Waals surface area contributed by atoms with Gasteiger partial charge in [-0.15, -0.1) is 0 Å². The van der Waals surface area contributed by atoms with Crippen molar-refractivity contribution in [3.8, 4) is 0 Å². The van der Waals surface area contributed by atoms with Gasteiger partial charge in [0.15, 0.2) is 0 Å². The van der Waals surface area contributed by atoms with E-state index >= 15 is 0 Å². The predicted octanol–water partition coefficient (Wildman–Crippen LogP) is 3.05. The second-order valence-electron chi connectivity index (χ2n) is 5.71. The van der Waals surface area contributed by atoms with Gasteiger partial charge in [0, 0.05) is 10.9 Å². The summed E-state index contributed by atoms with van der Waals surface area (Å²) in [7, 11) is -3.13. The lowest BCUT2D eigenvalue weighted by molar-refractivity contribution is 0.378. The van der Waals surface area contributed by atoms with Crippen molar-refractivity contribution in [3.05, 3.63) is 0 Å². The number of hydrogen-bond donors (Lipinski definition) is 1. The third kappa shape index (κ3) is 6.20. The van der Waals surface area contributed by atoms with Gasteiger partial charge < -0.3 is 0 Å². The summed E-state index contributed by atoms with van der Waals surface area (Å²) in [6.45, 7) is 3.87. The number of nitrogens with one attached hydrogen (secondary N) is 1. The molecule has 102 valence electrons. The van der Waals surface area contributed by atoms with E-state index in [1.807, 2.05) is 13.8 Å². The van der Waals surface area contributed by atoms with Crippen molar-refractivity contribution in [2.75, 3.05) is 11.1 Å². The molecule has 0 amide bonds. The average molecular weight is 326 g/mol. The molecule has 0 heterocycles. The first kappa shape index (κ1) is 15.4. The lowest BCUT2D eigenvalue weighted by atomic mass is 9.91. The highest BCUT2D eigenvalue weighted by Crippen LogP contribution is 2.25. The van der Waals surface area contributed by atoms with Gasteiger partial charge in [-0.25, -0.2) is 13.1 Å². The summed E-state index contributed by atoms with van der Waals surface area (Å²) in [6, 6.07) is 0. The molecule has 0 aromatic carbocycles. The summed E-state index contributed by atoms with van der Waals surface area (Å²) in [5.74, 6) is 0.666. The minimum atomic E-state index is -3.13. The Morgan fingerprint density at radius 2 is 1.82 bits per heavy atom. The topological polar surface area (TPSA) is 46.2 Å². The second-order valence-corrected chi connectivity index (χ2v) is 8.27. The Kier molecular flexibility index (Phi) is 5.93. The molecule has 0 radical (unpaired) electrons. The molecular formula is C12H24BrNO2S. The van der Waals surface area contributed by atoms with Gasteiger partial charge in [0.25, 0.3) is 0 Å². The van der Waals surface area contributed by atoms with Crippen molar-refractivity contribution in [1.82, 2.24) is 4.72 Å². The second kappa shape index (κ2) is 6.53. The molecule has 1 N–H and O–H groups in total. The first-order valence-electron chi connectivity index (χ1n) is 6.42. The summed E-state index contributed by atoms with van der Waals surface area (Å²) in [5, 5.41) is 0.811. The van der Waals surface area contributed by atoms with Crippen LogP contribution in [0.3, 0.4) is 0 Å². The standard InChI is InChI=1S/C12H24BrNO2S/c1-12(2,8-9-13)14-17(15,16)10-11-6-4-3-5-7-11/h11,14H,3-10H2,1-2H3. The van der Waals surface area contributed by atoms with E-state index in [1.54, 1.807) is 0 Å². The van der Waals surface area contributed by atoms with Crippen LogP contribution in [0.25, 0.3) is 0 Å². The molecular weight excluding hydrogens is 302 g/mol. The quantitative estimate of drug-likeness (QED) is 0.763. The maximum atomic E-state index is 12.1. The first-order chi connectivity index (χ1) is 7.85. The van der Waals surface area contributed by atoms with Crippen LogP contribution in [0.5, 0.6) is 0 Å². The van der Waals surface area contributed by atoms with E-state index in [0.717, 1.165) is 24.6 Å². The lowest BCUT2D eigenvalue weighted by Crippen LogP contribution is -2.45. The van der Waals surface area contributed by atoms with Crippen molar-refractivity contribution in [1.29, 1.82) is 0 Å². The van der Waals surface area contributed by atoms with Gasteiger partial charge in [-0.1, -0.05) is 35.2 Å². The molecule has 0 bridgehead atoms. The molecule has 5 heteroatoms. The van der Waals surface area contributed by atoms with E-state index < -0.39 is 10.0 Å². The molecule has 0 spiro atoms. The Labute approximate surface area is 114 Å². The summed E-state index contributed by atoms with van der Waals surface area (Å²) in [5.41, 5.74) is -0.350. The Bertz CT molecular complexity index is 321. The van der Waals surface area contributed by atoms with Crippen molar-refractivity contribution >= 4 is 26.0 Å². The van der Waals surface area contributed by atoms with E-state index in [9.17, 15) is 8.42 Å². The van der Waals surface area contributed by atoms with Gasteiger partial charge in [-0.2, -0.15) is 0 Å². The molecule has 1 fully saturated rings. The van der Waals surface area contributed by atoms with Crippen LogP contribution < -0.4 is 4.72 Å². The summed E-state index contributed by atoms with van der Waals surface area (Å²) in [6.07, 6.45) is 6.57. The minimum absolute atomic E-state index is 0.304. The van der Waals surface area contributed by atoms with Crippen molar-refractivity contribution in [3.63, 3.8) is 0 Å². The SMILES string of the molecule is CC(C)(CCBr)NS(=O)(=O)CC1CCCCC1. The number of hydrogen-bond acceptors (Lipinski definition) is 2. The van der Waals surface area contributed by atoms with Crippen LogP contribution in [0.2, 0.25) is 0 Å². The van der Waals surface area contributed by atoms with E-state index in [0.29, 0.717) is 11.7 Å². The maximum absolute atomic E-state index is 12.1. The molecule has 17 heavy (non-hydrogen) atoms. The fraction of sp³-hybridized carbons (Fsp3) is 1.00. The van der Waals surface area contributed by atoms with Gasteiger partial charge in [-0.3, -0.25) is 0 Å². The lowest BCUT2D eigenvalue weighted by Gasteiger charge is -2.27. The molecule has 1 aliphatic carbocycles. The highest BCUT2D eigenvalue weighted by molar-refractivity contribution is 9.09. The number of alkyl halides is 1. The van der Waals surface area contributed by atoms with Crippen LogP contribution >= 0.6 is 15.9 Å². The van der Waals surface area contributed by atoms with Crippen LogP contribution in [0.1, 0.15) is 52.4 Å². The predicted molar refractivity (Wildman–Crippen MR) is 76.0 cm³/mol. The number of halogens is 1. The smallest absolute Gasteiger partial charge is 0.212 e. The zero-order valence-corrected chi connectivity index (χ0v) is 13.2. The third-order valence-electron chi connectivity index (χ3n) is 3.33. The monoisotopic (exact) mass is 325 g/mol. The minimum Gasteiger partial charge on any atom is -0.212 e. The van der Waals surface area contributed by atoms with E-state index in [1.165, 1.54) is 19.3 Å². The van der Waals surface area contributed by atoms with Crippen LogP contribution in [0, 0.1) is 5.92 Å². The molecule has 0 aliphatic heterocycles. The van der Waals surface area contributed by atoms with Gasteiger partial charge in [0.2, 0.25) is 10.0 Å². The van der Waals surface area contributed by atoms with E-state index in [-0.39, 0.29) is 5.54 Å². The van der Waals surface area contributed by atoms with Crippen LogP contribution in [0.4, 0.5) is 0 Å². The molecule has 0 atom stereocenters. The normalized spacial score (nSPS) is 19.5. The summed E-state index contributed by atoms with van der Waals surface area (Å²) < 4.78 is 26.9. The molecule has 0 aromatic rings. The molecule has 3 nitrogen and oxygen atoms in total. The fourth-order valence-corrected chi connectivity index (χ4v) is 5.39. The van der Waals surface area contributed by atoms with Gasteiger partial charge in [0.05, 0.1) is 5.75 Å². The molecule has 1 rings (SSSR count). The molecule has 1 aliphatic rings. The Morgan fingerprint density at radius 1 is 1.24 bits per heavy atom. The zero-order chi connectivity index (χ0) is 12.9. The first-order valence-corrected chi connectivity index (χ1v) is 9.20. The van der Waals surface area contributed by atoms with Crippen molar-refractivity contribution < 1.29 is 8.42 Å². The Hall–Kier alpha value is 0.390. The van der Waals surface area contributed by atoms with Crippen molar-refractivity contribution in [2.24, 2.45) is 5.92 Å². The van der Waals surface area contributed by atoms with Crippen LogP contribution in [0.15, 0.2) is 0 Å². The van der Waals surface area contributed by atoms with E-state index in [4.69, 9.17) is 0 Å². The van der Waals surface area contributed by atoms with Crippen molar-refractivity contribution in [2.45, 2.75) is 57.9 Å². The summed E-state index contributed by atoms with van der Waals surface area (Å²) in [4.78, 5) is 0. The fourth-order valence-electron chi connectivity index (χ4n) is 2.41. The van der Waals surface area contributed by atoms with Crippen LogP contribution in [-0.4, -0.2) is 25.0 Å². The number of sulfonamides is 1. The van der Waals surface area contributed by atoms with Crippen LogP contribution in [-0.2, 0) is 10.0 Å². The van der Waals surface area contributed by atoms with E-state index in [2.05, 4.69) is 20.7 Å². The van der Waals surface area contributed by atoms with Gasteiger partial charge in [0.1, 0.15) is 0 Å². The Morgan fingerprint density at radius 3 is 2.35 bits per heavy atom. The molecule has 0 aromatic heterocycles.